The van der Waals surface area contributed by atoms with E-state index in [9.17, 15) is 14.7 Å². The van der Waals surface area contributed by atoms with Gasteiger partial charge in [-0.3, -0.25) is 14.5 Å². The predicted octanol–water partition coefficient (Wildman–Crippen LogP) is 3.13. The van der Waals surface area contributed by atoms with Gasteiger partial charge in [0.2, 0.25) is 0 Å². The number of furan rings is 1. The summed E-state index contributed by atoms with van der Waals surface area (Å²) in [5.74, 6) is 0.242. The molecular weight excluding hydrogens is 424 g/mol. The Hall–Kier alpha value is -3.10. The Bertz CT molecular complexity index is 1020. The van der Waals surface area contributed by atoms with E-state index in [1.807, 2.05) is 6.92 Å². The highest BCUT2D eigenvalue weighted by Crippen LogP contribution is 2.40. The van der Waals surface area contributed by atoms with E-state index in [2.05, 4.69) is 4.90 Å². The van der Waals surface area contributed by atoms with E-state index in [4.69, 9.17) is 13.9 Å². The van der Waals surface area contributed by atoms with Crippen molar-refractivity contribution in [2.75, 3.05) is 46.0 Å². The summed E-state index contributed by atoms with van der Waals surface area (Å²) < 4.78 is 16.8. The quantitative estimate of drug-likeness (QED) is 0.372. The van der Waals surface area contributed by atoms with Crippen molar-refractivity contribution in [1.82, 2.24) is 9.80 Å². The average molecular weight is 455 g/mol. The predicted molar refractivity (Wildman–Crippen MR) is 122 cm³/mol. The Labute approximate surface area is 193 Å². The van der Waals surface area contributed by atoms with E-state index in [0.29, 0.717) is 55.7 Å². The number of rotatable bonds is 8. The topological polar surface area (TPSA) is 92.5 Å². The van der Waals surface area contributed by atoms with Gasteiger partial charge in [-0.05, 0) is 49.7 Å². The molecule has 2 aliphatic rings. The molecule has 3 heterocycles. The van der Waals surface area contributed by atoms with Crippen LogP contribution in [-0.2, 0) is 14.3 Å². The molecule has 2 fully saturated rings. The summed E-state index contributed by atoms with van der Waals surface area (Å²) >= 11 is 0. The molecule has 1 amide bonds. The van der Waals surface area contributed by atoms with Gasteiger partial charge in [-0.15, -0.1) is 0 Å². The Morgan fingerprint density at radius 1 is 1.09 bits per heavy atom. The summed E-state index contributed by atoms with van der Waals surface area (Å²) in [6, 6.07) is 9.62. The van der Waals surface area contributed by atoms with E-state index < -0.39 is 17.7 Å². The molecule has 2 saturated heterocycles. The number of Topliss-reactive ketones (excluding diaryl/α,β-unsaturated/α-hetero) is 1. The van der Waals surface area contributed by atoms with Crippen molar-refractivity contribution in [2.45, 2.75) is 26.3 Å². The number of ketones is 1. The normalized spacial score (nSPS) is 21.0. The minimum atomic E-state index is -0.782. The number of aliphatic hydroxyl groups excluding tert-OH is 1. The first-order valence-electron chi connectivity index (χ1n) is 11.4. The maximum Gasteiger partial charge on any atom is 0.295 e. The Morgan fingerprint density at radius 3 is 2.45 bits per heavy atom. The maximum absolute atomic E-state index is 13.1. The van der Waals surface area contributed by atoms with Crippen molar-refractivity contribution in [3.05, 3.63) is 59.1 Å². The van der Waals surface area contributed by atoms with Crippen molar-refractivity contribution in [3.63, 3.8) is 0 Å². The average Bonchev–Trinajstić information content (AvgIpc) is 3.37. The zero-order valence-electron chi connectivity index (χ0n) is 19.1. The van der Waals surface area contributed by atoms with E-state index in [0.717, 1.165) is 19.5 Å². The monoisotopic (exact) mass is 454 g/mol. The number of hydrogen-bond acceptors (Lipinski definition) is 7. The van der Waals surface area contributed by atoms with Crippen LogP contribution in [0, 0.1) is 6.92 Å². The van der Waals surface area contributed by atoms with Crippen LogP contribution in [0.2, 0.25) is 0 Å². The van der Waals surface area contributed by atoms with Crippen molar-refractivity contribution in [1.29, 1.82) is 0 Å². The molecule has 4 rings (SSSR count). The third-order valence-electron chi connectivity index (χ3n) is 5.93. The zero-order valence-corrected chi connectivity index (χ0v) is 19.1. The second-order valence-corrected chi connectivity index (χ2v) is 8.27. The highest BCUT2D eigenvalue weighted by molar-refractivity contribution is 6.46. The van der Waals surface area contributed by atoms with Crippen molar-refractivity contribution >= 4 is 17.4 Å². The molecule has 0 radical (unpaired) electrons. The number of aliphatic hydroxyl groups is 1. The van der Waals surface area contributed by atoms with Crippen LogP contribution < -0.4 is 4.74 Å². The zero-order chi connectivity index (χ0) is 23.4. The van der Waals surface area contributed by atoms with Crippen LogP contribution in [0.15, 0.2) is 46.4 Å². The Morgan fingerprint density at radius 2 is 1.82 bits per heavy atom. The van der Waals surface area contributed by atoms with Crippen molar-refractivity contribution in [2.24, 2.45) is 0 Å². The first kappa shape index (κ1) is 23.1. The first-order valence-corrected chi connectivity index (χ1v) is 11.4. The van der Waals surface area contributed by atoms with Gasteiger partial charge in [-0.25, -0.2) is 0 Å². The molecule has 0 spiro atoms. The van der Waals surface area contributed by atoms with Gasteiger partial charge in [0.05, 0.1) is 25.4 Å². The molecular formula is C25H30N2O6. The number of carbonyl (C=O) groups is 2. The molecule has 0 aliphatic carbocycles. The molecule has 1 aromatic heterocycles. The largest absolute Gasteiger partial charge is 0.507 e. The molecule has 2 aromatic rings. The van der Waals surface area contributed by atoms with Gasteiger partial charge in [0.1, 0.15) is 29.1 Å². The molecule has 1 atom stereocenters. The molecule has 0 unspecified atom stereocenters. The summed E-state index contributed by atoms with van der Waals surface area (Å²) in [6.45, 7) is 8.23. The number of aryl methyl sites for hydroxylation is 1. The number of amides is 1. The third-order valence-corrected chi connectivity index (χ3v) is 5.93. The molecule has 8 nitrogen and oxygen atoms in total. The molecule has 8 heteroatoms. The van der Waals surface area contributed by atoms with Crippen molar-refractivity contribution in [3.8, 4) is 5.75 Å². The lowest BCUT2D eigenvalue weighted by atomic mass is 9.99. The Kier molecular flexibility index (Phi) is 7.15. The summed E-state index contributed by atoms with van der Waals surface area (Å²) in [4.78, 5) is 29.8. The highest BCUT2D eigenvalue weighted by Gasteiger charge is 2.47. The van der Waals surface area contributed by atoms with Gasteiger partial charge in [0.15, 0.2) is 0 Å². The van der Waals surface area contributed by atoms with E-state index in [1.165, 1.54) is 4.90 Å². The summed E-state index contributed by atoms with van der Waals surface area (Å²) in [5, 5.41) is 11.1. The summed E-state index contributed by atoms with van der Waals surface area (Å²) in [5.41, 5.74) is 0.483. The van der Waals surface area contributed by atoms with Gasteiger partial charge >= 0.3 is 0 Å². The van der Waals surface area contributed by atoms with Crippen molar-refractivity contribution < 1.29 is 28.6 Å². The molecule has 2 aliphatic heterocycles. The van der Waals surface area contributed by atoms with Crippen LogP contribution >= 0.6 is 0 Å². The van der Waals surface area contributed by atoms with Gasteiger partial charge in [0, 0.05) is 31.7 Å². The molecule has 1 aromatic carbocycles. The van der Waals surface area contributed by atoms with Gasteiger partial charge in [-0.1, -0.05) is 6.92 Å². The second-order valence-electron chi connectivity index (χ2n) is 8.27. The fourth-order valence-corrected chi connectivity index (χ4v) is 4.17. The summed E-state index contributed by atoms with van der Waals surface area (Å²) in [7, 11) is 0. The van der Waals surface area contributed by atoms with Gasteiger partial charge in [0.25, 0.3) is 11.7 Å². The second kappa shape index (κ2) is 10.2. The SMILES string of the molecule is CCCOc1ccc(C(O)=C2C(=O)C(=O)N(CCN3CCOCC3)[C@H]2c2ccc(C)o2)cc1. The standard InChI is InChI=1S/C25H30N2O6/c1-3-14-32-19-7-5-18(6-8-19)23(28)21-22(20-9-4-17(2)33-20)27(25(30)24(21)29)11-10-26-12-15-31-16-13-26/h4-9,22,28H,3,10-16H2,1-2H3/t22-/m0/s1. The lowest BCUT2D eigenvalue weighted by molar-refractivity contribution is -0.140. The number of nitrogens with zero attached hydrogens (tertiary/aromatic N) is 2. The number of ether oxygens (including phenoxy) is 2. The van der Waals surface area contributed by atoms with Crippen LogP contribution in [-0.4, -0.2) is 72.6 Å². The molecule has 0 bridgehead atoms. The van der Waals surface area contributed by atoms with E-state index in [1.54, 1.807) is 43.3 Å². The smallest absolute Gasteiger partial charge is 0.295 e. The lowest BCUT2D eigenvalue weighted by Crippen LogP contribution is -2.42. The van der Waals surface area contributed by atoms with Crippen LogP contribution in [0.4, 0.5) is 0 Å². The molecule has 0 saturated carbocycles. The lowest BCUT2D eigenvalue weighted by Gasteiger charge is -2.30. The first-order chi connectivity index (χ1) is 16.0. The number of benzene rings is 1. The van der Waals surface area contributed by atoms with Crippen LogP contribution in [0.3, 0.4) is 0 Å². The van der Waals surface area contributed by atoms with E-state index in [-0.39, 0.29) is 11.3 Å². The highest BCUT2D eigenvalue weighted by atomic mass is 16.5. The number of morpholine rings is 1. The van der Waals surface area contributed by atoms with Gasteiger partial charge in [-0.2, -0.15) is 0 Å². The van der Waals surface area contributed by atoms with Crippen LogP contribution in [0.5, 0.6) is 5.75 Å². The van der Waals surface area contributed by atoms with Crippen LogP contribution in [0.1, 0.15) is 36.5 Å². The fourth-order valence-electron chi connectivity index (χ4n) is 4.17. The Balaban J connectivity index is 1.65. The molecule has 1 N–H and O–H groups in total. The number of likely N-dealkylation sites (tertiary alicyclic amines) is 1. The summed E-state index contributed by atoms with van der Waals surface area (Å²) in [6.07, 6.45) is 0.887. The minimum Gasteiger partial charge on any atom is -0.507 e. The van der Waals surface area contributed by atoms with E-state index >= 15 is 0 Å². The minimum absolute atomic E-state index is 0.0403. The third kappa shape index (κ3) is 4.96. The maximum atomic E-state index is 13.1. The molecule has 176 valence electrons. The van der Waals surface area contributed by atoms with Crippen LogP contribution in [0.25, 0.3) is 5.76 Å². The number of hydrogen-bond donors (Lipinski definition) is 1. The van der Waals surface area contributed by atoms with Gasteiger partial charge < -0.3 is 23.9 Å². The fraction of sp³-hybridized carbons (Fsp3) is 0.440. The number of carbonyl (C=O) groups excluding carboxylic acids is 2. The molecule has 33 heavy (non-hydrogen) atoms.